The van der Waals surface area contributed by atoms with E-state index in [0.29, 0.717) is 12.4 Å². The van der Waals surface area contributed by atoms with Crippen LogP contribution in [-0.4, -0.2) is 61.3 Å². The lowest BCUT2D eigenvalue weighted by Gasteiger charge is -2.41. The highest BCUT2D eigenvalue weighted by atomic mass is 16.5. The third kappa shape index (κ3) is 5.71. The number of nitrogens with zero attached hydrogens (tertiary/aromatic N) is 3. The first-order valence-corrected chi connectivity index (χ1v) is 8.95. The Labute approximate surface area is 151 Å². The first kappa shape index (κ1) is 19.7. The molecule has 1 fully saturated rings. The summed E-state index contributed by atoms with van der Waals surface area (Å²) < 4.78 is 11.2. The summed E-state index contributed by atoms with van der Waals surface area (Å²) in [5, 5.41) is 6.67. The Morgan fingerprint density at radius 3 is 2.44 bits per heavy atom. The molecule has 1 aliphatic rings. The molecule has 1 aliphatic heterocycles. The second kappa shape index (κ2) is 8.19. The molecular formula is C18H33N5O2. The topological polar surface area (TPSA) is 74.9 Å². The van der Waals surface area contributed by atoms with Crippen molar-refractivity contribution >= 4 is 5.96 Å². The summed E-state index contributed by atoms with van der Waals surface area (Å²) in [5.74, 6) is 2.30. The fourth-order valence-electron chi connectivity index (χ4n) is 2.70. The minimum absolute atomic E-state index is 0.0315. The van der Waals surface area contributed by atoms with Gasteiger partial charge in [-0.3, -0.25) is 9.89 Å². The monoisotopic (exact) mass is 351 g/mol. The maximum Gasteiger partial charge on any atom is 0.213 e. The van der Waals surface area contributed by atoms with Crippen molar-refractivity contribution in [3.05, 3.63) is 17.8 Å². The van der Waals surface area contributed by atoms with Crippen LogP contribution in [0.3, 0.4) is 0 Å². The summed E-state index contributed by atoms with van der Waals surface area (Å²) in [5.41, 5.74) is -0.00288. The summed E-state index contributed by atoms with van der Waals surface area (Å²) in [6, 6.07) is 0. The molecule has 0 aromatic carbocycles. The van der Waals surface area contributed by atoms with Crippen LogP contribution in [-0.2, 0) is 16.7 Å². The van der Waals surface area contributed by atoms with Crippen LogP contribution in [0.2, 0.25) is 0 Å². The van der Waals surface area contributed by atoms with Crippen LogP contribution in [0.15, 0.2) is 15.6 Å². The normalized spacial score (nSPS) is 17.6. The van der Waals surface area contributed by atoms with Crippen LogP contribution in [0.4, 0.5) is 0 Å². The fourth-order valence-corrected chi connectivity index (χ4v) is 2.70. The second-order valence-electron chi connectivity index (χ2n) is 8.06. The van der Waals surface area contributed by atoms with Gasteiger partial charge in [-0.25, -0.2) is 4.98 Å². The molecule has 2 rings (SSSR count). The Balaban J connectivity index is 1.83. The first-order valence-electron chi connectivity index (χ1n) is 8.95. The van der Waals surface area contributed by atoms with Crippen molar-refractivity contribution in [2.24, 2.45) is 4.99 Å². The van der Waals surface area contributed by atoms with Crippen molar-refractivity contribution in [2.75, 3.05) is 39.9 Å². The molecule has 1 saturated heterocycles. The standard InChI is InChI=1S/C18H33N5O2/c1-17(2,3)14-11-20-15(25-14)12-21-16(19-6)22-13-18(4,5)23-7-9-24-10-8-23/h11H,7-10,12-13H2,1-6H3,(H2,19,21,22). The van der Waals surface area contributed by atoms with E-state index < -0.39 is 0 Å². The van der Waals surface area contributed by atoms with Crippen LogP contribution < -0.4 is 10.6 Å². The fraction of sp³-hybridized carbons (Fsp3) is 0.778. The molecule has 142 valence electrons. The van der Waals surface area contributed by atoms with Crippen molar-refractivity contribution in [2.45, 2.75) is 52.1 Å². The number of aromatic nitrogens is 1. The van der Waals surface area contributed by atoms with Gasteiger partial charge in [0, 0.05) is 37.6 Å². The van der Waals surface area contributed by atoms with E-state index in [1.165, 1.54) is 0 Å². The van der Waals surface area contributed by atoms with E-state index in [2.05, 4.69) is 60.1 Å². The zero-order valence-corrected chi connectivity index (χ0v) is 16.5. The third-order valence-corrected chi connectivity index (χ3v) is 4.48. The van der Waals surface area contributed by atoms with Gasteiger partial charge in [0.2, 0.25) is 5.89 Å². The third-order valence-electron chi connectivity index (χ3n) is 4.48. The Kier molecular flexibility index (Phi) is 6.46. The maximum atomic E-state index is 5.81. The summed E-state index contributed by atoms with van der Waals surface area (Å²) >= 11 is 0. The van der Waals surface area contributed by atoms with Gasteiger partial charge in [-0.05, 0) is 13.8 Å². The van der Waals surface area contributed by atoms with Crippen LogP contribution in [0, 0.1) is 0 Å². The lowest BCUT2D eigenvalue weighted by molar-refractivity contribution is -0.00834. The van der Waals surface area contributed by atoms with Gasteiger partial charge >= 0.3 is 0 Å². The largest absolute Gasteiger partial charge is 0.443 e. The molecule has 0 radical (unpaired) electrons. The first-order chi connectivity index (χ1) is 11.7. The number of aliphatic imine (C=N–C) groups is 1. The van der Waals surface area contributed by atoms with E-state index in [1.807, 2.05) is 0 Å². The molecule has 0 saturated carbocycles. The number of guanidine groups is 1. The van der Waals surface area contributed by atoms with Crippen LogP contribution in [0.1, 0.15) is 46.3 Å². The van der Waals surface area contributed by atoms with Gasteiger partial charge in [0.15, 0.2) is 5.96 Å². The molecule has 0 unspecified atom stereocenters. The number of hydrogen-bond acceptors (Lipinski definition) is 5. The Hall–Kier alpha value is -1.60. The van der Waals surface area contributed by atoms with Crippen LogP contribution in [0.5, 0.6) is 0 Å². The van der Waals surface area contributed by atoms with Gasteiger partial charge in [0.05, 0.1) is 26.0 Å². The minimum atomic E-state index is -0.0344. The molecule has 25 heavy (non-hydrogen) atoms. The van der Waals surface area contributed by atoms with Crippen LogP contribution in [0.25, 0.3) is 0 Å². The van der Waals surface area contributed by atoms with E-state index in [0.717, 1.165) is 44.6 Å². The molecule has 2 heterocycles. The molecule has 0 aliphatic carbocycles. The highest BCUT2D eigenvalue weighted by Gasteiger charge is 2.28. The Morgan fingerprint density at radius 2 is 1.88 bits per heavy atom. The molecule has 0 spiro atoms. The predicted octanol–water partition coefficient (Wildman–Crippen LogP) is 1.75. The van der Waals surface area contributed by atoms with Crippen molar-refractivity contribution in [3.63, 3.8) is 0 Å². The summed E-state index contributed by atoms with van der Waals surface area (Å²) in [6.45, 7) is 15.6. The van der Waals surface area contributed by atoms with E-state index in [-0.39, 0.29) is 11.0 Å². The smallest absolute Gasteiger partial charge is 0.213 e. The van der Waals surface area contributed by atoms with Gasteiger partial charge in [-0.1, -0.05) is 20.8 Å². The summed E-state index contributed by atoms with van der Waals surface area (Å²) in [7, 11) is 1.77. The predicted molar refractivity (Wildman–Crippen MR) is 99.9 cm³/mol. The maximum absolute atomic E-state index is 5.81. The van der Waals surface area contributed by atoms with Crippen molar-refractivity contribution in [1.82, 2.24) is 20.5 Å². The van der Waals surface area contributed by atoms with Crippen molar-refractivity contribution < 1.29 is 9.15 Å². The number of morpholine rings is 1. The molecule has 0 atom stereocenters. The summed E-state index contributed by atoms with van der Waals surface area (Å²) in [6.07, 6.45) is 1.80. The SMILES string of the molecule is CN=C(NCc1ncc(C(C)(C)C)o1)NCC(C)(C)N1CCOCC1. The van der Waals surface area contributed by atoms with Crippen molar-refractivity contribution in [1.29, 1.82) is 0 Å². The molecule has 1 aromatic heterocycles. The zero-order chi connectivity index (χ0) is 18.5. The molecular weight excluding hydrogens is 318 g/mol. The van der Waals surface area contributed by atoms with Gasteiger partial charge < -0.3 is 19.8 Å². The van der Waals surface area contributed by atoms with Crippen LogP contribution >= 0.6 is 0 Å². The molecule has 1 aromatic rings. The number of ether oxygens (including phenoxy) is 1. The van der Waals surface area contributed by atoms with Gasteiger partial charge in [-0.15, -0.1) is 0 Å². The van der Waals surface area contributed by atoms with Gasteiger partial charge in [0.25, 0.3) is 0 Å². The molecule has 7 nitrogen and oxygen atoms in total. The lowest BCUT2D eigenvalue weighted by Crippen LogP contribution is -2.56. The number of rotatable bonds is 5. The Morgan fingerprint density at radius 1 is 1.20 bits per heavy atom. The van der Waals surface area contributed by atoms with E-state index in [9.17, 15) is 0 Å². The van der Waals surface area contributed by atoms with E-state index in [4.69, 9.17) is 9.15 Å². The quantitative estimate of drug-likeness (QED) is 0.622. The van der Waals surface area contributed by atoms with Crippen molar-refractivity contribution in [3.8, 4) is 0 Å². The molecule has 0 amide bonds. The minimum Gasteiger partial charge on any atom is -0.443 e. The number of nitrogens with one attached hydrogen (secondary N) is 2. The highest BCUT2D eigenvalue weighted by Crippen LogP contribution is 2.22. The van der Waals surface area contributed by atoms with E-state index >= 15 is 0 Å². The van der Waals surface area contributed by atoms with E-state index in [1.54, 1.807) is 13.2 Å². The molecule has 2 N–H and O–H groups in total. The van der Waals surface area contributed by atoms with Gasteiger partial charge in [-0.2, -0.15) is 0 Å². The average molecular weight is 351 g/mol. The second-order valence-corrected chi connectivity index (χ2v) is 8.06. The molecule has 0 bridgehead atoms. The summed E-state index contributed by atoms with van der Waals surface area (Å²) in [4.78, 5) is 11.1. The number of hydrogen-bond donors (Lipinski definition) is 2. The van der Waals surface area contributed by atoms with Gasteiger partial charge in [0.1, 0.15) is 5.76 Å². The zero-order valence-electron chi connectivity index (χ0n) is 16.5. The highest BCUT2D eigenvalue weighted by molar-refractivity contribution is 5.79. The lowest BCUT2D eigenvalue weighted by atomic mass is 9.94. The average Bonchev–Trinajstić information content (AvgIpc) is 3.05. The number of oxazole rings is 1. The molecule has 7 heteroatoms. The Bertz CT molecular complexity index is 568.